The van der Waals surface area contributed by atoms with E-state index in [1.807, 2.05) is 56.3 Å². The molecule has 0 aliphatic heterocycles. The molecule has 1 amide bonds. The Hall–Kier alpha value is -3.03. The minimum Gasteiger partial charge on any atom is -0.296 e. The number of amides is 1. The van der Waals surface area contributed by atoms with Crippen LogP contribution in [0.1, 0.15) is 40.7 Å². The predicted octanol–water partition coefficient (Wildman–Crippen LogP) is 5.48. The Kier molecular flexibility index (Phi) is 5.92. The van der Waals surface area contributed by atoms with Crippen LogP contribution in [0.2, 0.25) is 5.02 Å². The van der Waals surface area contributed by atoms with Gasteiger partial charge in [0.2, 0.25) is 5.13 Å². The van der Waals surface area contributed by atoms with Gasteiger partial charge in [-0.3, -0.25) is 14.8 Å². The molecule has 6 nitrogen and oxygen atoms in total. The number of hydrogen-bond acceptors (Lipinski definition) is 5. The SMILES string of the molecule is CC(C)c1nnc(NC(=O)c2cn(Cc3ccccc3)nc2-c2ccc(Cl)cc2)s1. The van der Waals surface area contributed by atoms with Gasteiger partial charge in [-0.1, -0.05) is 79.2 Å². The summed E-state index contributed by atoms with van der Waals surface area (Å²) in [5, 5.41) is 17.7. The smallest absolute Gasteiger partial charge is 0.261 e. The molecule has 0 bridgehead atoms. The Morgan fingerprint density at radius 2 is 1.83 bits per heavy atom. The summed E-state index contributed by atoms with van der Waals surface area (Å²) in [6.45, 7) is 4.64. The Balaban J connectivity index is 1.66. The van der Waals surface area contributed by atoms with E-state index in [1.54, 1.807) is 23.0 Å². The highest BCUT2D eigenvalue weighted by Crippen LogP contribution is 2.27. The van der Waals surface area contributed by atoms with E-state index >= 15 is 0 Å². The number of anilines is 1. The van der Waals surface area contributed by atoms with E-state index < -0.39 is 0 Å². The van der Waals surface area contributed by atoms with Crippen LogP contribution in [-0.2, 0) is 6.54 Å². The molecule has 2 heterocycles. The van der Waals surface area contributed by atoms with Gasteiger partial charge < -0.3 is 0 Å². The normalized spacial score (nSPS) is 11.1. The van der Waals surface area contributed by atoms with Crippen molar-refractivity contribution in [2.45, 2.75) is 26.3 Å². The number of benzene rings is 2. The molecule has 0 aliphatic carbocycles. The highest BCUT2D eigenvalue weighted by molar-refractivity contribution is 7.15. The first-order chi connectivity index (χ1) is 14.5. The van der Waals surface area contributed by atoms with Crippen molar-refractivity contribution in [3.8, 4) is 11.3 Å². The van der Waals surface area contributed by atoms with Gasteiger partial charge in [0.1, 0.15) is 10.7 Å². The summed E-state index contributed by atoms with van der Waals surface area (Å²) in [5.41, 5.74) is 2.97. The second kappa shape index (κ2) is 8.77. The summed E-state index contributed by atoms with van der Waals surface area (Å²) in [4.78, 5) is 13.1. The molecule has 4 aromatic rings. The average molecular weight is 438 g/mol. The zero-order valence-electron chi connectivity index (χ0n) is 16.5. The number of rotatable bonds is 6. The third-order valence-electron chi connectivity index (χ3n) is 4.47. The van der Waals surface area contributed by atoms with Crippen LogP contribution in [0.5, 0.6) is 0 Å². The van der Waals surface area contributed by atoms with Gasteiger partial charge >= 0.3 is 0 Å². The van der Waals surface area contributed by atoms with E-state index in [4.69, 9.17) is 11.6 Å². The molecule has 0 saturated heterocycles. The highest BCUT2D eigenvalue weighted by atomic mass is 35.5. The minimum absolute atomic E-state index is 0.256. The summed E-state index contributed by atoms with van der Waals surface area (Å²) in [5.74, 6) is -0.0166. The number of carbonyl (C=O) groups excluding carboxylic acids is 1. The molecular weight excluding hydrogens is 418 g/mol. The molecule has 1 N–H and O–H groups in total. The van der Waals surface area contributed by atoms with Gasteiger partial charge in [-0.2, -0.15) is 5.10 Å². The van der Waals surface area contributed by atoms with Crippen molar-refractivity contribution in [1.82, 2.24) is 20.0 Å². The zero-order chi connectivity index (χ0) is 21.1. The molecule has 0 fully saturated rings. The van der Waals surface area contributed by atoms with Crippen molar-refractivity contribution in [3.63, 3.8) is 0 Å². The van der Waals surface area contributed by atoms with Crippen LogP contribution in [0.15, 0.2) is 60.8 Å². The molecule has 8 heteroatoms. The quantitative estimate of drug-likeness (QED) is 0.433. The van der Waals surface area contributed by atoms with Crippen molar-refractivity contribution < 1.29 is 4.79 Å². The molecule has 2 aromatic heterocycles. The largest absolute Gasteiger partial charge is 0.296 e. The van der Waals surface area contributed by atoms with Crippen LogP contribution < -0.4 is 5.32 Å². The summed E-state index contributed by atoms with van der Waals surface area (Å²) in [7, 11) is 0. The first kappa shape index (κ1) is 20.3. The third kappa shape index (κ3) is 4.58. The molecule has 2 aromatic carbocycles. The van der Waals surface area contributed by atoms with Crippen molar-refractivity contribution in [3.05, 3.63) is 82.0 Å². The number of halogens is 1. The topological polar surface area (TPSA) is 72.7 Å². The van der Waals surface area contributed by atoms with Gasteiger partial charge in [-0.25, -0.2) is 0 Å². The lowest BCUT2D eigenvalue weighted by Gasteiger charge is -2.03. The number of nitrogens with one attached hydrogen (secondary N) is 1. The summed E-state index contributed by atoms with van der Waals surface area (Å²) < 4.78 is 1.77. The fraction of sp³-hybridized carbons (Fsp3) is 0.182. The molecule has 0 saturated carbocycles. The highest BCUT2D eigenvalue weighted by Gasteiger charge is 2.20. The van der Waals surface area contributed by atoms with E-state index in [1.165, 1.54) is 11.3 Å². The minimum atomic E-state index is -0.272. The average Bonchev–Trinajstić information content (AvgIpc) is 3.37. The summed E-state index contributed by atoms with van der Waals surface area (Å²) in [6.07, 6.45) is 1.76. The van der Waals surface area contributed by atoms with Crippen molar-refractivity contribution in [2.75, 3.05) is 5.32 Å². The van der Waals surface area contributed by atoms with Gasteiger partial charge in [0.05, 0.1) is 12.1 Å². The maximum Gasteiger partial charge on any atom is 0.261 e. The van der Waals surface area contributed by atoms with Crippen molar-refractivity contribution in [1.29, 1.82) is 0 Å². The summed E-state index contributed by atoms with van der Waals surface area (Å²) >= 11 is 7.41. The maximum absolute atomic E-state index is 13.1. The number of carbonyl (C=O) groups is 1. The van der Waals surface area contributed by atoms with E-state index in [2.05, 4.69) is 20.6 Å². The van der Waals surface area contributed by atoms with Crippen LogP contribution in [0.3, 0.4) is 0 Å². The fourth-order valence-electron chi connectivity index (χ4n) is 2.94. The van der Waals surface area contributed by atoms with Crippen molar-refractivity contribution in [2.24, 2.45) is 0 Å². The van der Waals surface area contributed by atoms with Crippen LogP contribution in [0, 0.1) is 0 Å². The monoisotopic (exact) mass is 437 g/mol. The number of aromatic nitrogens is 4. The number of nitrogens with zero attached hydrogens (tertiary/aromatic N) is 4. The van der Waals surface area contributed by atoms with Gasteiger partial charge in [-0.15, -0.1) is 10.2 Å². The molecule has 4 rings (SSSR count). The Labute approximate surface area is 183 Å². The van der Waals surface area contributed by atoms with E-state index in [9.17, 15) is 4.79 Å². The standard InChI is InChI=1S/C22H20ClN5OS/c1-14(2)21-25-26-22(30-21)24-20(29)18-13-28(12-15-6-4-3-5-7-15)27-19(18)16-8-10-17(23)11-9-16/h3-11,13-14H,12H2,1-2H3,(H,24,26,29). The molecule has 0 atom stereocenters. The van der Waals surface area contributed by atoms with E-state index in [-0.39, 0.29) is 11.8 Å². The van der Waals surface area contributed by atoms with Crippen LogP contribution in [0.25, 0.3) is 11.3 Å². The van der Waals surface area contributed by atoms with Crippen LogP contribution in [0.4, 0.5) is 5.13 Å². The predicted molar refractivity (Wildman–Crippen MR) is 120 cm³/mol. The Morgan fingerprint density at radius 3 is 2.50 bits per heavy atom. The van der Waals surface area contributed by atoms with Crippen molar-refractivity contribution >= 4 is 34.0 Å². The first-order valence-electron chi connectivity index (χ1n) is 9.51. The van der Waals surface area contributed by atoms with Gasteiger partial charge in [-0.05, 0) is 17.7 Å². The molecule has 30 heavy (non-hydrogen) atoms. The van der Waals surface area contributed by atoms with E-state index in [0.29, 0.717) is 28.0 Å². The first-order valence-corrected chi connectivity index (χ1v) is 10.7. The van der Waals surface area contributed by atoms with Gasteiger partial charge in [0.15, 0.2) is 0 Å². The lowest BCUT2D eigenvalue weighted by molar-refractivity contribution is 0.102. The van der Waals surface area contributed by atoms with Gasteiger partial charge in [0.25, 0.3) is 5.91 Å². The van der Waals surface area contributed by atoms with Crippen LogP contribution in [-0.4, -0.2) is 25.9 Å². The molecule has 0 unspecified atom stereocenters. The lowest BCUT2D eigenvalue weighted by atomic mass is 10.1. The third-order valence-corrected chi connectivity index (χ3v) is 5.86. The van der Waals surface area contributed by atoms with E-state index in [0.717, 1.165) is 16.1 Å². The molecule has 0 radical (unpaired) electrons. The number of hydrogen-bond donors (Lipinski definition) is 1. The fourth-order valence-corrected chi connectivity index (χ4v) is 3.81. The lowest BCUT2D eigenvalue weighted by Crippen LogP contribution is -2.12. The zero-order valence-corrected chi connectivity index (χ0v) is 18.1. The molecule has 152 valence electrons. The van der Waals surface area contributed by atoms with Gasteiger partial charge in [0, 0.05) is 22.7 Å². The Morgan fingerprint density at radius 1 is 1.10 bits per heavy atom. The summed E-state index contributed by atoms with van der Waals surface area (Å²) in [6, 6.07) is 17.3. The molecule has 0 aliphatic rings. The molecular formula is C22H20ClN5OS. The Bertz CT molecular complexity index is 1150. The van der Waals surface area contributed by atoms with Crippen LogP contribution >= 0.6 is 22.9 Å². The molecule has 0 spiro atoms. The maximum atomic E-state index is 13.1. The second-order valence-electron chi connectivity index (χ2n) is 7.14. The second-order valence-corrected chi connectivity index (χ2v) is 8.58.